The SMILES string of the molecule is C=CCn1cc2ccc(NS(=O)(=O)N3CCCC3)cc2n1. The topological polar surface area (TPSA) is 67.2 Å². The summed E-state index contributed by atoms with van der Waals surface area (Å²) in [6.07, 6.45) is 5.52. The molecule has 0 saturated carbocycles. The molecule has 0 bridgehead atoms. The molecule has 1 fully saturated rings. The van der Waals surface area contributed by atoms with Gasteiger partial charge in [0.15, 0.2) is 0 Å². The van der Waals surface area contributed by atoms with Crippen LogP contribution in [-0.2, 0) is 16.8 Å². The van der Waals surface area contributed by atoms with E-state index in [4.69, 9.17) is 0 Å². The first-order chi connectivity index (χ1) is 10.1. The molecule has 6 nitrogen and oxygen atoms in total. The number of hydrogen-bond donors (Lipinski definition) is 1. The number of aromatic nitrogens is 2. The Labute approximate surface area is 124 Å². The van der Waals surface area contributed by atoms with Crippen molar-refractivity contribution >= 4 is 26.8 Å². The minimum Gasteiger partial charge on any atom is -0.271 e. The second-order valence-corrected chi connectivity index (χ2v) is 6.80. The molecule has 0 amide bonds. The van der Waals surface area contributed by atoms with Crippen molar-refractivity contribution in [3.05, 3.63) is 37.1 Å². The Bertz CT molecular complexity index is 760. The Kier molecular flexibility index (Phi) is 3.69. The number of allylic oxidation sites excluding steroid dienone is 1. The summed E-state index contributed by atoms with van der Waals surface area (Å²) in [6.45, 7) is 5.48. The third-order valence-corrected chi connectivity index (χ3v) is 5.06. The highest BCUT2D eigenvalue weighted by Gasteiger charge is 2.25. The van der Waals surface area contributed by atoms with Crippen LogP contribution in [0.3, 0.4) is 0 Å². The van der Waals surface area contributed by atoms with Gasteiger partial charge in [0.05, 0.1) is 17.7 Å². The number of rotatable bonds is 5. The van der Waals surface area contributed by atoms with E-state index in [1.807, 2.05) is 12.3 Å². The van der Waals surface area contributed by atoms with Crippen molar-refractivity contribution < 1.29 is 8.42 Å². The molecule has 2 heterocycles. The zero-order chi connectivity index (χ0) is 14.9. The average Bonchev–Trinajstić information content (AvgIpc) is 3.06. The van der Waals surface area contributed by atoms with Gasteiger partial charge in [0.1, 0.15) is 0 Å². The highest BCUT2D eigenvalue weighted by molar-refractivity contribution is 7.90. The number of hydrogen-bond acceptors (Lipinski definition) is 3. The van der Waals surface area contributed by atoms with Crippen molar-refractivity contribution in [2.75, 3.05) is 17.8 Å². The van der Waals surface area contributed by atoms with E-state index in [9.17, 15) is 8.42 Å². The van der Waals surface area contributed by atoms with Gasteiger partial charge in [-0.05, 0) is 31.0 Å². The van der Waals surface area contributed by atoms with Crippen LogP contribution < -0.4 is 4.72 Å². The molecule has 1 aliphatic heterocycles. The second kappa shape index (κ2) is 5.50. The first-order valence-electron chi connectivity index (χ1n) is 6.94. The lowest BCUT2D eigenvalue weighted by molar-refractivity contribution is 0.482. The van der Waals surface area contributed by atoms with Crippen molar-refractivity contribution in [3.8, 4) is 0 Å². The van der Waals surface area contributed by atoms with Gasteiger partial charge in [-0.15, -0.1) is 6.58 Å². The molecule has 3 rings (SSSR count). The number of nitrogens with one attached hydrogen (secondary N) is 1. The summed E-state index contributed by atoms with van der Waals surface area (Å²) < 4.78 is 30.3. The zero-order valence-electron chi connectivity index (χ0n) is 11.7. The second-order valence-electron chi connectivity index (χ2n) is 5.13. The van der Waals surface area contributed by atoms with E-state index in [0.29, 0.717) is 25.3 Å². The van der Waals surface area contributed by atoms with E-state index >= 15 is 0 Å². The minimum absolute atomic E-state index is 0.540. The fraction of sp³-hybridized carbons (Fsp3) is 0.357. The third kappa shape index (κ3) is 2.93. The Morgan fingerprint density at radius 3 is 2.81 bits per heavy atom. The highest BCUT2D eigenvalue weighted by Crippen LogP contribution is 2.21. The van der Waals surface area contributed by atoms with Crippen LogP contribution in [-0.4, -0.2) is 35.6 Å². The van der Waals surface area contributed by atoms with Gasteiger partial charge in [-0.1, -0.05) is 6.08 Å². The lowest BCUT2D eigenvalue weighted by Crippen LogP contribution is -2.33. The smallest absolute Gasteiger partial charge is 0.271 e. The van der Waals surface area contributed by atoms with Gasteiger partial charge in [0.2, 0.25) is 0 Å². The zero-order valence-corrected chi connectivity index (χ0v) is 12.5. The maximum Gasteiger partial charge on any atom is 0.301 e. The Morgan fingerprint density at radius 2 is 2.10 bits per heavy atom. The molecule has 1 aromatic carbocycles. The molecule has 112 valence electrons. The van der Waals surface area contributed by atoms with Gasteiger partial charge < -0.3 is 0 Å². The first-order valence-corrected chi connectivity index (χ1v) is 8.38. The molecular weight excluding hydrogens is 288 g/mol. The first kappa shape index (κ1) is 14.1. The van der Waals surface area contributed by atoms with Crippen molar-refractivity contribution in [3.63, 3.8) is 0 Å². The standard InChI is InChI=1S/C14H18N4O2S/c1-2-7-17-11-12-5-6-13(10-14(12)15-17)16-21(19,20)18-8-3-4-9-18/h2,5-6,10-11,16H,1,3-4,7-9H2. The van der Waals surface area contributed by atoms with E-state index in [-0.39, 0.29) is 0 Å². The summed E-state index contributed by atoms with van der Waals surface area (Å²) in [7, 11) is -3.45. The molecule has 0 radical (unpaired) electrons. The van der Waals surface area contributed by atoms with Crippen LogP contribution >= 0.6 is 0 Å². The molecule has 1 N–H and O–H groups in total. The van der Waals surface area contributed by atoms with Gasteiger partial charge in [-0.25, -0.2) is 0 Å². The van der Waals surface area contributed by atoms with Crippen LogP contribution in [0.15, 0.2) is 37.1 Å². The molecule has 0 aliphatic carbocycles. The maximum atomic E-state index is 12.2. The Balaban J connectivity index is 1.85. The van der Waals surface area contributed by atoms with Gasteiger partial charge in [0, 0.05) is 24.7 Å². The van der Waals surface area contributed by atoms with Crippen LogP contribution in [0.1, 0.15) is 12.8 Å². The van der Waals surface area contributed by atoms with Gasteiger partial charge in [-0.3, -0.25) is 9.40 Å². The van der Waals surface area contributed by atoms with Crippen LogP contribution in [0.4, 0.5) is 5.69 Å². The van der Waals surface area contributed by atoms with Crippen LogP contribution in [0.2, 0.25) is 0 Å². The summed E-state index contributed by atoms with van der Waals surface area (Å²) in [4.78, 5) is 0. The maximum absolute atomic E-state index is 12.2. The molecule has 0 atom stereocenters. The summed E-state index contributed by atoms with van der Waals surface area (Å²) in [6, 6.07) is 5.38. The van der Waals surface area contributed by atoms with Gasteiger partial charge in [-0.2, -0.15) is 17.8 Å². The predicted octanol–water partition coefficient (Wildman–Crippen LogP) is 1.97. The number of benzene rings is 1. The van der Waals surface area contributed by atoms with Crippen LogP contribution in [0.5, 0.6) is 0 Å². The lowest BCUT2D eigenvalue weighted by Gasteiger charge is -2.16. The predicted molar refractivity (Wildman–Crippen MR) is 83.3 cm³/mol. The number of anilines is 1. The van der Waals surface area contributed by atoms with Crippen molar-refractivity contribution in [1.29, 1.82) is 0 Å². The normalized spacial score (nSPS) is 16.4. The molecule has 0 unspecified atom stereocenters. The van der Waals surface area contributed by atoms with Crippen molar-refractivity contribution in [1.82, 2.24) is 14.1 Å². The molecule has 1 aromatic heterocycles. The largest absolute Gasteiger partial charge is 0.301 e. The highest BCUT2D eigenvalue weighted by atomic mass is 32.2. The number of nitrogens with zero attached hydrogens (tertiary/aromatic N) is 3. The van der Waals surface area contributed by atoms with E-state index in [0.717, 1.165) is 23.7 Å². The summed E-state index contributed by atoms with van der Waals surface area (Å²) in [5.74, 6) is 0. The fourth-order valence-electron chi connectivity index (χ4n) is 2.50. The average molecular weight is 306 g/mol. The molecule has 7 heteroatoms. The van der Waals surface area contributed by atoms with Crippen molar-refractivity contribution in [2.24, 2.45) is 0 Å². The van der Waals surface area contributed by atoms with E-state index in [1.54, 1.807) is 22.9 Å². The third-order valence-electron chi connectivity index (χ3n) is 3.52. The molecule has 1 saturated heterocycles. The van der Waals surface area contributed by atoms with Crippen LogP contribution in [0.25, 0.3) is 10.9 Å². The molecule has 21 heavy (non-hydrogen) atoms. The van der Waals surface area contributed by atoms with Gasteiger partial charge in [0.25, 0.3) is 0 Å². The lowest BCUT2D eigenvalue weighted by atomic mass is 10.2. The quantitative estimate of drug-likeness (QED) is 0.859. The van der Waals surface area contributed by atoms with E-state index < -0.39 is 10.2 Å². The molecular formula is C14H18N4O2S. The Morgan fingerprint density at radius 1 is 1.33 bits per heavy atom. The van der Waals surface area contributed by atoms with E-state index in [1.165, 1.54) is 4.31 Å². The monoisotopic (exact) mass is 306 g/mol. The molecule has 0 spiro atoms. The van der Waals surface area contributed by atoms with Crippen LogP contribution in [0, 0.1) is 0 Å². The molecule has 1 aliphatic rings. The fourth-order valence-corrected chi connectivity index (χ4v) is 3.79. The summed E-state index contributed by atoms with van der Waals surface area (Å²) in [5, 5.41) is 5.36. The van der Waals surface area contributed by atoms with Gasteiger partial charge >= 0.3 is 10.2 Å². The summed E-state index contributed by atoms with van der Waals surface area (Å²) >= 11 is 0. The van der Waals surface area contributed by atoms with E-state index in [2.05, 4.69) is 16.4 Å². The molecule has 2 aromatic rings. The Hall–Kier alpha value is -1.86. The number of fused-ring (bicyclic) bond motifs is 1. The van der Waals surface area contributed by atoms with Crippen molar-refractivity contribution in [2.45, 2.75) is 19.4 Å². The minimum atomic E-state index is -3.45. The summed E-state index contributed by atoms with van der Waals surface area (Å²) in [5.41, 5.74) is 1.30.